The van der Waals surface area contributed by atoms with Gasteiger partial charge in [-0.25, -0.2) is 0 Å². The third-order valence-electron chi connectivity index (χ3n) is 2.56. The van der Waals surface area contributed by atoms with Crippen molar-refractivity contribution in [1.82, 2.24) is 4.90 Å². The summed E-state index contributed by atoms with van der Waals surface area (Å²) in [7, 11) is 0. The van der Waals surface area contributed by atoms with Gasteiger partial charge in [0.15, 0.2) is 0 Å². The first-order valence-electron chi connectivity index (χ1n) is 5.75. The molecule has 0 aliphatic heterocycles. The van der Waals surface area contributed by atoms with E-state index in [0.717, 1.165) is 30.1 Å². The summed E-state index contributed by atoms with van der Waals surface area (Å²) in [5.41, 5.74) is 2.31. The van der Waals surface area contributed by atoms with Gasteiger partial charge in [-0.2, -0.15) is 0 Å². The number of nitrogens with zero attached hydrogens (tertiary/aromatic N) is 1. The quantitative estimate of drug-likeness (QED) is 0.828. The van der Waals surface area contributed by atoms with E-state index in [-0.39, 0.29) is 6.61 Å². The Bertz CT molecular complexity index is 322. The molecule has 0 amide bonds. The van der Waals surface area contributed by atoms with Crippen LogP contribution in [0.5, 0.6) is 0 Å². The van der Waals surface area contributed by atoms with E-state index < -0.39 is 0 Å². The summed E-state index contributed by atoms with van der Waals surface area (Å²) in [5.74, 6) is 0. The monoisotopic (exact) mass is 241 g/mol. The van der Waals surface area contributed by atoms with E-state index in [1.807, 2.05) is 13.0 Å². The van der Waals surface area contributed by atoms with E-state index in [4.69, 9.17) is 16.7 Å². The summed E-state index contributed by atoms with van der Waals surface area (Å²) in [6, 6.07) is 6.13. The number of aliphatic hydroxyl groups excluding tert-OH is 1. The largest absolute Gasteiger partial charge is 0.395 e. The fourth-order valence-electron chi connectivity index (χ4n) is 1.75. The van der Waals surface area contributed by atoms with Gasteiger partial charge in [-0.15, -0.1) is 0 Å². The Hall–Kier alpha value is -0.570. The van der Waals surface area contributed by atoms with E-state index in [1.54, 1.807) is 0 Å². The van der Waals surface area contributed by atoms with Gasteiger partial charge in [-0.1, -0.05) is 30.7 Å². The second-order valence-electron chi connectivity index (χ2n) is 4.09. The van der Waals surface area contributed by atoms with Gasteiger partial charge in [0.2, 0.25) is 0 Å². The van der Waals surface area contributed by atoms with Crippen LogP contribution in [0.15, 0.2) is 18.2 Å². The third kappa shape index (κ3) is 4.12. The summed E-state index contributed by atoms with van der Waals surface area (Å²) in [4.78, 5) is 2.22. The van der Waals surface area contributed by atoms with Crippen molar-refractivity contribution < 1.29 is 5.11 Å². The van der Waals surface area contributed by atoms with Crippen LogP contribution in [-0.2, 0) is 6.54 Å². The normalized spacial score (nSPS) is 11.1. The van der Waals surface area contributed by atoms with Crippen molar-refractivity contribution >= 4 is 11.6 Å². The minimum Gasteiger partial charge on any atom is -0.395 e. The predicted octanol–water partition coefficient (Wildman–Crippen LogP) is 2.85. The lowest BCUT2D eigenvalue weighted by atomic mass is 10.1. The van der Waals surface area contributed by atoms with Crippen LogP contribution in [0.1, 0.15) is 24.5 Å². The van der Waals surface area contributed by atoms with Crippen LogP contribution in [-0.4, -0.2) is 29.7 Å². The van der Waals surface area contributed by atoms with Crippen molar-refractivity contribution in [3.63, 3.8) is 0 Å². The average molecular weight is 242 g/mol. The number of rotatable bonds is 6. The molecular formula is C13H20ClNO. The minimum atomic E-state index is 0.198. The zero-order valence-corrected chi connectivity index (χ0v) is 10.8. The van der Waals surface area contributed by atoms with Gasteiger partial charge in [0.1, 0.15) is 0 Å². The molecule has 0 aromatic heterocycles. The lowest BCUT2D eigenvalue weighted by Crippen LogP contribution is -2.27. The molecule has 0 spiro atoms. The summed E-state index contributed by atoms with van der Waals surface area (Å²) >= 11 is 6.18. The van der Waals surface area contributed by atoms with Crippen molar-refractivity contribution in [2.45, 2.75) is 26.8 Å². The summed E-state index contributed by atoms with van der Waals surface area (Å²) in [6.07, 6.45) is 1.09. The fraction of sp³-hybridized carbons (Fsp3) is 0.538. The molecule has 0 aliphatic rings. The maximum atomic E-state index is 8.98. The standard InChI is InChI=1S/C13H20ClNO/c1-3-6-15(7-8-16)10-12-5-4-11(2)9-13(12)14/h4-5,9,16H,3,6-8,10H2,1-2H3. The van der Waals surface area contributed by atoms with E-state index in [9.17, 15) is 0 Å². The van der Waals surface area contributed by atoms with Crippen LogP contribution in [0.25, 0.3) is 0 Å². The van der Waals surface area contributed by atoms with Crippen molar-refractivity contribution in [3.05, 3.63) is 34.3 Å². The molecular weight excluding hydrogens is 222 g/mol. The van der Waals surface area contributed by atoms with E-state index >= 15 is 0 Å². The Labute approximate surface area is 103 Å². The molecule has 0 radical (unpaired) electrons. The number of hydrogen-bond donors (Lipinski definition) is 1. The number of benzene rings is 1. The lowest BCUT2D eigenvalue weighted by Gasteiger charge is -2.21. The molecule has 1 N–H and O–H groups in total. The predicted molar refractivity (Wildman–Crippen MR) is 68.8 cm³/mol. The molecule has 0 atom stereocenters. The summed E-state index contributed by atoms with van der Waals surface area (Å²) < 4.78 is 0. The van der Waals surface area contributed by atoms with E-state index in [2.05, 4.69) is 24.0 Å². The Balaban J connectivity index is 2.68. The van der Waals surface area contributed by atoms with Gasteiger partial charge in [0.05, 0.1) is 6.61 Å². The van der Waals surface area contributed by atoms with E-state index in [1.165, 1.54) is 5.56 Å². The molecule has 3 heteroatoms. The van der Waals surface area contributed by atoms with Crippen molar-refractivity contribution in [2.24, 2.45) is 0 Å². The maximum absolute atomic E-state index is 8.98. The molecule has 1 rings (SSSR count). The van der Waals surface area contributed by atoms with Crippen LogP contribution in [0.4, 0.5) is 0 Å². The van der Waals surface area contributed by atoms with Gasteiger partial charge in [-0.05, 0) is 37.1 Å². The second-order valence-corrected chi connectivity index (χ2v) is 4.50. The highest BCUT2D eigenvalue weighted by Gasteiger charge is 2.07. The molecule has 0 fully saturated rings. The first kappa shape index (κ1) is 13.5. The molecule has 16 heavy (non-hydrogen) atoms. The zero-order chi connectivity index (χ0) is 12.0. The molecule has 1 aromatic rings. The SMILES string of the molecule is CCCN(CCO)Cc1ccc(C)cc1Cl. The highest BCUT2D eigenvalue weighted by Crippen LogP contribution is 2.19. The molecule has 0 aliphatic carbocycles. The van der Waals surface area contributed by atoms with Gasteiger partial charge < -0.3 is 5.11 Å². The lowest BCUT2D eigenvalue weighted by molar-refractivity contribution is 0.190. The van der Waals surface area contributed by atoms with E-state index in [0.29, 0.717) is 6.54 Å². The molecule has 0 saturated heterocycles. The van der Waals surface area contributed by atoms with Gasteiger partial charge in [-0.3, -0.25) is 4.90 Å². The third-order valence-corrected chi connectivity index (χ3v) is 2.91. The smallest absolute Gasteiger partial charge is 0.0558 e. The first-order chi connectivity index (χ1) is 7.67. The molecule has 90 valence electrons. The number of halogens is 1. The minimum absolute atomic E-state index is 0.198. The first-order valence-corrected chi connectivity index (χ1v) is 6.13. The molecule has 0 heterocycles. The van der Waals surface area contributed by atoms with Crippen LogP contribution in [0.2, 0.25) is 5.02 Å². The second kappa shape index (κ2) is 6.89. The van der Waals surface area contributed by atoms with Crippen LogP contribution in [0, 0.1) is 6.92 Å². The summed E-state index contributed by atoms with van der Waals surface area (Å²) in [5, 5.41) is 9.80. The fourth-order valence-corrected chi connectivity index (χ4v) is 2.04. The molecule has 2 nitrogen and oxygen atoms in total. The van der Waals surface area contributed by atoms with Crippen LogP contribution < -0.4 is 0 Å². The van der Waals surface area contributed by atoms with Crippen LogP contribution in [0.3, 0.4) is 0 Å². The van der Waals surface area contributed by atoms with Crippen molar-refractivity contribution in [2.75, 3.05) is 19.7 Å². The molecule has 1 aromatic carbocycles. The average Bonchev–Trinajstić information content (AvgIpc) is 2.23. The molecule has 0 bridgehead atoms. The topological polar surface area (TPSA) is 23.5 Å². The molecule has 0 unspecified atom stereocenters. The molecule has 0 saturated carbocycles. The number of hydrogen-bond acceptors (Lipinski definition) is 2. The Morgan fingerprint density at radius 1 is 1.31 bits per heavy atom. The van der Waals surface area contributed by atoms with Crippen LogP contribution >= 0.6 is 11.6 Å². The Morgan fingerprint density at radius 3 is 2.62 bits per heavy atom. The summed E-state index contributed by atoms with van der Waals surface area (Å²) in [6.45, 7) is 6.88. The number of aliphatic hydroxyl groups is 1. The zero-order valence-electron chi connectivity index (χ0n) is 10.0. The van der Waals surface area contributed by atoms with Gasteiger partial charge in [0, 0.05) is 18.1 Å². The highest BCUT2D eigenvalue weighted by molar-refractivity contribution is 6.31. The van der Waals surface area contributed by atoms with Crippen molar-refractivity contribution in [1.29, 1.82) is 0 Å². The maximum Gasteiger partial charge on any atom is 0.0558 e. The van der Waals surface area contributed by atoms with Gasteiger partial charge >= 0.3 is 0 Å². The highest BCUT2D eigenvalue weighted by atomic mass is 35.5. The van der Waals surface area contributed by atoms with Gasteiger partial charge in [0.25, 0.3) is 0 Å². The number of aryl methyl sites for hydroxylation is 1. The Kier molecular flexibility index (Phi) is 5.81. The van der Waals surface area contributed by atoms with Crippen molar-refractivity contribution in [3.8, 4) is 0 Å². The Morgan fingerprint density at radius 2 is 2.06 bits per heavy atom.